The van der Waals surface area contributed by atoms with E-state index in [9.17, 15) is 19.8 Å². The SMILES string of the molecule is CC(=O)c1cc(C(C)=O)cc(C(C)(c2ccc(O)c(C)c2)c2cc(C)c(O)c(C)c2)c1. The maximum absolute atomic E-state index is 12.2. The number of aromatic hydroxyl groups is 2. The van der Waals surface area contributed by atoms with E-state index in [4.69, 9.17) is 0 Å². The van der Waals surface area contributed by atoms with Crippen molar-refractivity contribution in [3.8, 4) is 11.5 Å². The first-order valence-electron chi connectivity index (χ1n) is 10.2. The van der Waals surface area contributed by atoms with E-state index >= 15 is 0 Å². The number of hydrogen-bond donors (Lipinski definition) is 2. The maximum atomic E-state index is 12.2. The van der Waals surface area contributed by atoms with Gasteiger partial charge in [0.2, 0.25) is 0 Å². The number of ketones is 2. The van der Waals surface area contributed by atoms with Crippen molar-refractivity contribution in [3.63, 3.8) is 0 Å². The lowest BCUT2D eigenvalue weighted by atomic mass is 9.69. The predicted molar refractivity (Wildman–Crippen MR) is 122 cm³/mol. The minimum absolute atomic E-state index is 0.119. The van der Waals surface area contributed by atoms with Crippen LogP contribution in [0.4, 0.5) is 0 Å². The van der Waals surface area contributed by atoms with E-state index in [1.54, 1.807) is 12.1 Å². The first-order chi connectivity index (χ1) is 14.4. The largest absolute Gasteiger partial charge is 0.508 e. The quantitative estimate of drug-likeness (QED) is 0.408. The van der Waals surface area contributed by atoms with E-state index in [0.29, 0.717) is 11.1 Å². The number of carbonyl (C=O) groups excluding carboxylic acids is 2. The van der Waals surface area contributed by atoms with Crippen LogP contribution in [0.3, 0.4) is 0 Å². The Morgan fingerprint density at radius 1 is 0.677 bits per heavy atom. The highest BCUT2D eigenvalue weighted by Gasteiger charge is 2.33. The summed E-state index contributed by atoms with van der Waals surface area (Å²) in [6.45, 7) is 10.5. The van der Waals surface area contributed by atoms with Gasteiger partial charge in [0.05, 0.1) is 0 Å². The maximum Gasteiger partial charge on any atom is 0.159 e. The number of aryl methyl sites for hydroxylation is 3. The molecule has 2 N–H and O–H groups in total. The Morgan fingerprint density at radius 2 is 1.13 bits per heavy atom. The molecule has 0 amide bonds. The molecule has 0 spiro atoms. The fourth-order valence-electron chi connectivity index (χ4n) is 4.03. The summed E-state index contributed by atoms with van der Waals surface area (Å²) in [4.78, 5) is 24.5. The van der Waals surface area contributed by atoms with Gasteiger partial charge in [-0.05, 0) is 99.2 Å². The minimum Gasteiger partial charge on any atom is -0.508 e. The molecule has 0 aliphatic rings. The molecular weight excluding hydrogens is 388 g/mol. The minimum atomic E-state index is -0.739. The zero-order valence-electron chi connectivity index (χ0n) is 18.8. The van der Waals surface area contributed by atoms with Crippen LogP contribution in [0.1, 0.15) is 74.9 Å². The Morgan fingerprint density at radius 3 is 1.58 bits per heavy atom. The number of phenolic OH excluding ortho intramolecular Hbond substituents is 2. The fraction of sp³-hybridized carbons (Fsp3) is 0.259. The number of hydrogen-bond acceptors (Lipinski definition) is 4. The van der Waals surface area contributed by atoms with Gasteiger partial charge in [-0.3, -0.25) is 9.59 Å². The summed E-state index contributed by atoms with van der Waals surface area (Å²) in [5.74, 6) is 0.208. The molecule has 1 unspecified atom stereocenters. The van der Waals surface area contributed by atoms with Crippen molar-refractivity contribution >= 4 is 11.6 Å². The first-order valence-corrected chi connectivity index (χ1v) is 10.2. The third-order valence-corrected chi connectivity index (χ3v) is 6.17. The van der Waals surface area contributed by atoms with Gasteiger partial charge in [-0.2, -0.15) is 0 Å². The van der Waals surface area contributed by atoms with Crippen molar-refractivity contribution in [1.29, 1.82) is 0 Å². The lowest BCUT2D eigenvalue weighted by Crippen LogP contribution is -2.27. The normalized spacial score (nSPS) is 13.0. The molecule has 3 rings (SSSR count). The molecule has 4 nitrogen and oxygen atoms in total. The first kappa shape index (κ1) is 22.3. The van der Waals surface area contributed by atoms with Crippen LogP contribution in [-0.2, 0) is 5.41 Å². The number of phenols is 2. The molecule has 0 aromatic heterocycles. The second-order valence-electron chi connectivity index (χ2n) is 8.50. The number of benzene rings is 3. The van der Waals surface area contributed by atoms with Crippen molar-refractivity contribution in [3.05, 3.63) is 93.0 Å². The van der Waals surface area contributed by atoms with Crippen LogP contribution in [0, 0.1) is 20.8 Å². The second-order valence-corrected chi connectivity index (χ2v) is 8.50. The third kappa shape index (κ3) is 3.98. The lowest BCUT2D eigenvalue weighted by Gasteiger charge is -2.33. The van der Waals surface area contributed by atoms with Gasteiger partial charge in [-0.15, -0.1) is 0 Å². The molecule has 0 aliphatic carbocycles. The summed E-state index contributed by atoms with van der Waals surface area (Å²) in [7, 11) is 0. The molecule has 4 heteroatoms. The summed E-state index contributed by atoms with van der Waals surface area (Å²) in [5, 5.41) is 20.4. The molecule has 160 valence electrons. The van der Waals surface area contributed by atoms with E-state index in [1.807, 2.05) is 64.1 Å². The molecule has 0 saturated carbocycles. The van der Waals surface area contributed by atoms with E-state index in [0.717, 1.165) is 33.4 Å². The number of rotatable bonds is 5. The lowest BCUT2D eigenvalue weighted by molar-refractivity contribution is 0.101. The van der Waals surface area contributed by atoms with Gasteiger partial charge in [0.15, 0.2) is 11.6 Å². The summed E-state index contributed by atoms with van der Waals surface area (Å²) in [6.07, 6.45) is 0. The van der Waals surface area contributed by atoms with Gasteiger partial charge in [-0.25, -0.2) is 0 Å². The van der Waals surface area contributed by atoms with Crippen molar-refractivity contribution < 1.29 is 19.8 Å². The Labute approximate surface area is 183 Å². The van der Waals surface area contributed by atoms with E-state index < -0.39 is 5.41 Å². The zero-order chi connectivity index (χ0) is 23.1. The van der Waals surface area contributed by atoms with Crippen molar-refractivity contribution in [1.82, 2.24) is 0 Å². The molecule has 1 atom stereocenters. The molecule has 3 aromatic rings. The van der Waals surface area contributed by atoms with Crippen LogP contribution in [0.25, 0.3) is 0 Å². The monoisotopic (exact) mass is 416 g/mol. The molecule has 0 saturated heterocycles. The van der Waals surface area contributed by atoms with Gasteiger partial charge in [0.25, 0.3) is 0 Å². The Kier molecular flexibility index (Phi) is 5.77. The summed E-state index contributed by atoms with van der Waals surface area (Å²) in [6, 6.07) is 14.6. The molecule has 0 bridgehead atoms. The van der Waals surface area contributed by atoms with Crippen molar-refractivity contribution in [2.24, 2.45) is 0 Å². The Bertz CT molecular complexity index is 1150. The molecule has 0 radical (unpaired) electrons. The molecule has 3 aromatic carbocycles. The van der Waals surface area contributed by atoms with Gasteiger partial charge >= 0.3 is 0 Å². The van der Waals surface area contributed by atoms with Crippen LogP contribution < -0.4 is 0 Å². The van der Waals surface area contributed by atoms with E-state index in [-0.39, 0.29) is 23.1 Å². The topological polar surface area (TPSA) is 74.6 Å². The molecule has 31 heavy (non-hydrogen) atoms. The van der Waals surface area contributed by atoms with Gasteiger partial charge in [-0.1, -0.05) is 24.3 Å². The standard InChI is InChI=1S/C27H28O4/c1-15-9-22(7-8-25(15)30)27(6,23-10-16(2)26(31)17(3)11-23)24-13-20(18(4)28)12-21(14-24)19(5)29/h7-14,30-31H,1-6H3. The molecular formula is C27H28O4. The summed E-state index contributed by atoms with van der Waals surface area (Å²) in [5.41, 5.74) is 5.02. The highest BCUT2D eigenvalue weighted by Crippen LogP contribution is 2.42. The average molecular weight is 417 g/mol. The highest BCUT2D eigenvalue weighted by atomic mass is 16.3. The highest BCUT2D eigenvalue weighted by molar-refractivity contribution is 6.00. The number of carbonyl (C=O) groups is 2. The molecule has 0 heterocycles. The molecule has 0 fully saturated rings. The van der Waals surface area contributed by atoms with E-state index in [1.165, 1.54) is 13.8 Å². The van der Waals surface area contributed by atoms with Crippen molar-refractivity contribution in [2.45, 2.75) is 47.0 Å². The fourth-order valence-corrected chi connectivity index (χ4v) is 4.03. The van der Waals surface area contributed by atoms with Gasteiger partial charge in [0.1, 0.15) is 11.5 Å². The van der Waals surface area contributed by atoms with Crippen LogP contribution in [-0.4, -0.2) is 21.8 Å². The van der Waals surface area contributed by atoms with E-state index in [2.05, 4.69) is 0 Å². The summed E-state index contributed by atoms with van der Waals surface area (Å²) >= 11 is 0. The third-order valence-electron chi connectivity index (χ3n) is 6.17. The zero-order valence-corrected chi connectivity index (χ0v) is 18.8. The van der Waals surface area contributed by atoms with Gasteiger partial charge in [0, 0.05) is 16.5 Å². The second kappa shape index (κ2) is 8.03. The van der Waals surface area contributed by atoms with Crippen molar-refractivity contribution in [2.75, 3.05) is 0 Å². The smallest absolute Gasteiger partial charge is 0.159 e. The summed E-state index contributed by atoms with van der Waals surface area (Å²) < 4.78 is 0. The average Bonchev–Trinajstić information content (AvgIpc) is 2.72. The predicted octanol–water partition coefficient (Wildman–Crippen LogP) is 5.78. The van der Waals surface area contributed by atoms with Crippen LogP contribution in [0.2, 0.25) is 0 Å². The van der Waals surface area contributed by atoms with Crippen LogP contribution >= 0.6 is 0 Å². The Hall–Kier alpha value is -3.40. The number of Topliss-reactive ketones (excluding diaryl/α,β-unsaturated/α-hetero) is 2. The van der Waals surface area contributed by atoms with Gasteiger partial charge < -0.3 is 10.2 Å². The Balaban J connectivity index is 2.43. The van der Waals surface area contributed by atoms with Crippen LogP contribution in [0.5, 0.6) is 11.5 Å². The van der Waals surface area contributed by atoms with Crippen LogP contribution in [0.15, 0.2) is 48.5 Å². The molecule has 0 aliphatic heterocycles.